The van der Waals surface area contributed by atoms with Crippen LogP contribution in [-0.4, -0.2) is 46.3 Å². The summed E-state index contributed by atoms with van der Waals surface area (Å²) < 4.78 is 36.2. The van der Waals surface area contributed by atoms with Crippen LogP contribution in [0.1, 0.15) is 23.1 Å². The molecule has 2 heterocycles. The van der Waals surface area contributed by atoms with E-state index in [0.29, 0.717) is 47.7 Å². The Kier molecular flexibility index (Phi) is 6.04. The molecule has 1 atom stereocenters. The van der Waals surface area contributed by atoms with Crippen LogP contribution in [0.5, 0.6) is 5.75 Å². The van der Waals surface area contributed by atoms with E-state index < -0.39 is 12.8 Å². The van der Waals surface area contributed by atoms with Crippen molar-refractivity contribution < 1.29 is 18.6 Å². The van der Waals surface area contributed by atoms with Crippen molar-refractivity contribution in [2.75, 3.05) is 20.2 Å². The van der Waals surface area contributed by atoms with Crippen LogP contribution in [0.15, 0.2) is 42.7 Å². The predicted molar refractivity (Wildman–Crippen MR) is 115 cm³/mol. The largest absolute Gasteiger partial charge is 0.492 e. The molecule has 0 bridgehead atoms. The zero-order valence-electron chi connectivity index (χ0n) is 17.8. The van der Waals surface area contributed by atoms with Crippen molar-refractivity contribution in [2.45, 2.75) is 26.2 Å². The van der Waals surface area contributed by atoms with Gasteiger partial charge in [-0.15, -0.1) is 0 Å². The van der Waals surface area contributed by atoms with E-state index in [1.807, 2.05) is 36.1 Å². The molecule has 2 N–H and O–H groups in total. The first-order chi connectivity index (χ1) is 14.9. The van der Waals surface area contributed by atoms with Gasteiger partial charge in [-0.3, -0.25) is 14.9 Å². The van der Waals surface area contributed by atoms with Crippen molar-refractivity contribution in [2.24, 2.45) is 7.05 Å². The van der Waals surface area contributed by atoms with E-state index in [0.717, 1.165) is 11.1 Å². The van der Waals surface area contributed by atoms with Crippen LogP contribution < -0.4 is 10.1 Å². The molecule has 31 heavy (non-hydrogen) atoms. The van der Waals surface area contributed by atoms with Gasteiger partial charge in [-0.25, -0.2) is 8.78 Å². The molecule has 0 saturated carbocycles. The first kappa shape index (κ1) is 21.4. The highest BCUT2D eigenvalue weighted by Crippen LogP contribution is 2.42. The molecule has 4 rings (SSSR count). The van der Waals surface area contributed by atoms with Crippen molar-refractivity contribution >= 4 is 0 Å². The summed E-state index contributed by atoms with van der Waals surface area (Å²) in [4.78, 5) is 1.84. The molecule has 6 nitrogen and oxygen atoms in total. The van der Waals surface area contributed by atoms with E-state index in [1.54, 1.807) is 37.2 Å². The maximum absolute atomic E-state index is 14.4. The van der Waals surface area contributed by atoms with Gasteiger partial charge in [-0.2, -0.15) is 5.10 Å². The molecule has 3 aromatic rings. The van der Waals surface area contributed by atoms with Gasteiger partial charge in [0.2, 0.25) is 0 Å². The summed E-state index contributed by atoms with van der Waals surface area (Å²) >= 11 is 0. The quantitative estimate of drug-likeness (QED) is 0.607. The first-order valence-electron chi connectivity index (χ1n) is 10.1. The number of rotatable bonds is 5. The molecule has 1 unspecified atom stereocenters. The second-order valence-corrected chi connectivity index (χ2v) is 7.73. The van der Waals surface area contributed by atoms with Crippen LogP contribution in [0, 0.1) is 6.92 Å². The smallest absolute Gasteiger partial charge is 0.265 e. The zero-order valence-corrected chi connectivity index (χ0v) is 17.8. The Morgan fingerprint density at radius 2 is 2.00 bits per heavy atom. The van der Waals surface area contributed by atoms with Gasteiger partial charge in [0.25, 0.3) is 6.43 Å². The summed E-state index contributed by atoms with van der Waals surface area (Å²) in [6, 6.07) is 9.13. The highest BCUT2D eigenvalue weighted by Gasteiger charge is 2.25. The highest BCUT2D eigenvalue weighted by molar-refractivity contribution is 5.81. The van der Waals surface area contributed by atoms with E-state index in [9.17, 15) is 13.9 Å². The number of hydrogen-bond acceptors (Lipinski definition) is 5. The number of hydrogen-bond donors (Lipinski definition) is 2. The Balaban J connectivity index is 1.84. The van der Waals surface area contributed by atoms with Gasteiger partial charge in [-0.1, -0.05) is 18.2 Å². The lowest BCUT2D eigenvalue weighted by Crippen LogP contribution is -2.44. The molecule has 1 aromatic heterocycles. The molecule has 1 aliphatic heterocycles. The number of nitrogens with zero attached hydrogens (tertiary/aromatic N) is 3. The molecule has 0 aliphatic carbocycles. The predicted octanol–water partition coefficient (Wildman–Crippen LogP) is 3.69. The average Bonchev–Trinajstić information content (AvgIpc) is 3.07. The minimum Gasteiger partial charge on any atom is -0.492 e. The van der Waals surface area contributed by atoms with E-state index in [2.05, 4.69) is 10.4 Å². The molecule has 0 amide bonds. The van der Waals surface area contributed by atoms with Crippen LogP contribution in [-0.2, 0) is 13.6 Å². The lowest BCUT2D eigenvalue weighted by Gasteiger charge is -2.25. The van der Waals surface area contributed by atoms with Crippen molar-refractivity contribution in [3.8, 4) is 28.0 Å². The number of aliphatic hydroxyl groups excluding tert-OH is 1. The first-order valence-corrected chi connectivity index (χ1v) is 10.1. The molecule has 8 heteroatoms. The van der Waals surface area contributed by atoms with Crippen LogP contribution in [0.2, 0.25) is 0 Å². The third-order valence-electron chi connectivity index (χ3n) is 5.65. The summed E-state index contributed by atoms with van der Waals surface area (Å²) in [5, 5.41) is 17.2. The molecule has 2 aromatic carbocycles. The topological polar surface area (TPSA) is 62.6 Å². The fourth-order valence-electron chi connectivity index (χ4n) is 4.11. The van der Waals surface area contributed by atoms with Crippen molar-refractivity contribution in [3.05, 3.63) is 59.4 Å². The highest BCUT2D eigenvalue weighted by atomic mass is 19.3. The Labute approximate surface area is 180 Å². The lowest BCUT2D eigenvalue weighted by molar-refractivity contribution is -0.0239. The SMILES string of the molecule is CNC(O)N1CCOc2ccc(-c3c(C)ccc(-c4cnn(C)c4)c3C(F)F)cc2C1. The minimum absolute atomic E-state index is 0.00499. The van der Waals surface area contributed by atoms with Crippen LogP contribution in [0.3, 0.4) is 0 Å². The Morgan fingerprint density at radius 1 is 1.19 bits per heavy atom. The van der Waals surface area contributed by atoms with Gasteiger partial charge >= 0.3 is 0 Å². The summed E-state index contributed by atoms with van der Waals surface area (Å²) in [7, 11) is 3.44. The Bertz CT molecular complexity index is 1080. The molecular weight excluding hydrogens is 402 g/mol. The van der Waals surface area contributed by atoms with Gasteiger partial charge in [0.1, 0.15) is 12.4 Å². The number of halogens is 2. The summed E-state index contributed by atoms with van der Waals surface area (Å²) in [5.41, 5.74) is 3.95. The van der Waals surface area contributed by atoms with Crippen molar-refractivity contribution in [1.82, 2.24) is 20.0 Å². The molecule has 0 fully saturated rings. The molecule has 0 radical (unpaired) electrons. The lowest BCUT2D eigenvalue weighted by atomic mass is 9.89. The van der Waals surface area contributed by atoms with Crippen LogP contribution in [0.4, 0.5) is 8.78 Å². The maximum atomic E-state index is 14.4. The van der Waals surface area contributed by atoms with Crippen molar-refractivity contribution in [3.63, 3.8) is 0 Å². The third-order valence-corrected chi connectivity index (χ3v) is 5.65. The van der Waals surface area contributed by atoms with E-state index >= 15 is 0 Å². The monoisotopic (exact) mass is 428 g/mol. The summed E-state index contributed by atoms with van der Waals surface area (Å²) in [5.74, 6) is 0.703. The van der Waals surface area contributed by atoms with Gasteiger partial charge in [0, 0.05) is 43.0 Å². The fourth-order valence-corrected chi connectivity index (χ4v) is 4.11. The minimum atomic E-state index is -2.65. The Hall–Kier alpha value is -2.81. The number of benzene rings is 2. The number of fused-ring (bicyclic) bond motifs is 1. The second-order valence-electron chi connectivity index (χ2n) is 7.73. The average molecular weight is 428 g/mol. The molecule has 164 valence electrons. The zero-order chi connectivity index (χ0) is 22.1. The number of alkyl halides is 2. The molecule has 0 spiro atoms. The number of aliphatic hydroxyl groups is 1. The number of aromatic nitrogens is 2. The standard InChI is InChI=1S/C23H26F2N4O2/c1-14-4-6-18(17-11-27-28(3)12-17)21(22(24)25)20(14)15-5-7-19-16(10-15)13-29(8-9-31-19)23(30)26-2/h4-7,10-12,22-23,26,30H,8-9,13H2,1-3H3. The number of aryl methyl sites for hydroxylation is 2. The summed E-state index contributed by atoms with van der Waals surface area (Å²) in [6.45, 7) is 3.26. The Morgan fingerprint density at radius 3 is 2.68 bits per heavy atom. The van der Waals surface area contributed by atoms with Gasteiger partial charge < -0.3 is 9.84 Å². The number of nitrogens with one attached hydrogen (secondary N) is 1. The fraction of sp³-hybridized carbons (Fsp3) is 0.348. The van der Waals surface area contributed by atoms with Crippen molar-refractivity contribution in [1.29, 1.82) is 0 Å². The van der Waals surface area contributed by atoms with E-state index in [4.69, 9.17) is 4.74 Å². The van der Waals surface area contributed by atoms with E-state index in [-0.39, 0.29) is 5.56 Å². The molecule has 1 aliphatic rings. The van der Waals surface area contributed by atoms with Crippen LogP contribution >= 0.6 is 0 Å². The number of ether oxygens (including phenoxy) is 1. The molecular formula is C23H26F2N4O2. The third kappa shape index (κ3) is 4.19. The summed E-state index contributed by atoms with van der Waals surface area (Å²) in [6.07, 6.45) is -0.127. The van der Waals surface area contributed by atoms with E-state index in [1.165, 1.54) is 0 Å². The second kappa shape index (κ2) is 8.74. The van der Waals surface area contributed by atoms with Crippen LogP contribution in [0.25, 0.3) is 22.3 Å². The maximum Gasteiger partial charge on any atom is 0.265 e. The normalized spacial score (nSPS) is 15.5. The van der Waals surface area contributed by atoms with Gasteiger partial charge in [-0.05, 0) is 48.4 Å². The molecule has 0 saturated heterocycles. The van der Waals surface area contributed by atoms with Gasteiger partial charge in [0.15, 0.2) is 6.35 Å². The van der Waals surface area contributed by atoms with Gasteiger partial charge in [0.05, 0.1) is 6.20 Å².